The Morgan fingerprint density at radius 1 is 0.931 bits per heavy atom. The van der Waals surface area contributed by atoms with E-state index >= 15 is 0 Å². The Labute approximate surface area is 169 Å². The van der Waals surface area contributed by atoms with E-state index in [1.807, 2.05) is 30.3 Å². The van der Waals surface area contributed by atoms with Crippen molar-refractivity contribution >= 4 is 17.9 Å². The lowest BCUT2D eigenvalue weighted by Gasteiger charge is -2.11. The quantitative estimate of drug-likeness (QED) is 0.585. The van der Waals surface area contributed by atoms with Gasteiger partial charge in [0.05, 0.1) is 25.4 Å². The zero-order valence-corrected chi connectivity index (χ0v) is 16.4. The van der Waals surface area contributed by atoms with Crippen LogP contribution in [0.4, 0.5) is 0 Å². The lowest BCUT2D eigenvalue weighted by Crippen LogP contribution is -2.15. The summed E-state index contributed by atoms with van der Waals surface area (Å²) in [6, 6.07) is 16.4. The number of rotatable bonds is 9. The number of aliphatic carboxylic acids is 3. The summed E-state index contributed by atoms with van der Waals surface area (Å²) in [5, 5.41) is 26.2. The predicted molar refractivity (Wildman–Crippen MR) is 107 cm³/mol. The summed E-state index contributed by atoms with van der Waals surface area (Å²) in [5.74, 6) is -3.80. The molecule has 2 unspecified atom stereocenters. The lowest BCUT2D eigenvalue weighted by atomic mass is 9.96. The van der Waals surface area contributed by atoms with Crippen molar-refractivity contribution in [2.45, 2.75) is 32.1 Å². The molecule has 0 bridgehead atoms. The van der Waals surface area contributed by atoms with Gasteiger partial charge in [0, 0.05) is 0 Å². The second kappa shape index (κ2) is 12.2. The van der Waals surface area contributed by atoms with Gasteiger partial charge in [-0.3, -0.25) is 14.4 Å². The van der Waals surface area contributed by atoms with Gasteiger partial charge < -0.3 is 20.1 Å². The van der Waals surface area contributed by atoms with Crippen LogP contribution in [-0.2, 0) is 20.8 Å². The first-order valence-electron chi connectivity index (χ1n) is 9.09. The van der Waals surface area contributed by atoms with Crippen molar-refractivity contribution in [1.29, 1.82) is 0 Å². The van der Waals surface area contributed by atoms with Crippen LogP contribution >= 0.6 is 0 Å². The molecule has 0 aliphatic carbocycles. The first-order valence-corrected chi connectivity index (χ1v) is 9.09. The highest BCUT2D eigenvalue weighted by Crippen LogP contribution is 2.23. The van der Waals surface area contributed by atoms with Gasteiger partial charge in [-0.1, -0.05) is 49.4 Å². The summed E-state index contributed by atoms with van der Waals surface area (Å²) in [6.07, 6.45) is 1.11. The molecule has 0 radical (unpaired) electrons. The maximum Gasteiger partial charge on any atom is 0.311 e. The van der Waals surface area contributed by atoms with Gasteiger partial charge in [0.1, 0.15) is 5.75 Å². The Kier molecular flexibility index (Phi) is 9.95. The van der Waals surface area contributed by atoms with Crippen LogP contribution < -0.4 is 4.74 Å². The second-order valence-corrected chi connectivity index (χ2v) is 6.53. The Morgan fingerprint density at radius 2 is 1.59 bits per heavy atom. The van der Waals surface area contributed by atoms with E-state index in [-0.39, 0.29) is 5.92 Å². The fraction of sp³-hybridized carbons (Fsp3) is 0.318. The minimum atomic E-state index is -1.16. The summed E-state index contributed by atoms with van der Waals surface area (Å²) in [6.45, 7) is 1.74. The zero-order valence-electron chi connectivity index (χ0n) is 16.4. The van der Waals surface area contributed by atoms with Crippen molar-refractivity contribution in [3.05, 3.63) is 65.7 Å². The summed E-state index contributed by atoms with van der Waals surface area (Å²) in [5.41, 5.74) is 1.63. The van der Waals surface area contributed by atoms with Gasteiger partial charge in [-0.15, -0.1) is 0 Å². The minimum absolute atomic E-state index is 0.250. The zero-order chi connectivity index (χ0) is 21.8. The van der Waals surface area contributed by atoms with E-state index in [1.165, 1.54) is 18.7 Å². The molecule has 0 aliphatic rings. The molecular weight excluding hydrogens is 376 g/mol. The average Bonchev–Trinajstić information content (AvgIpc) is 2.71. The largest absolute Gasteiger partial charge is 0.497 e. The van der Waals surface area contributed by atoms with E-state index in [1.54, 1.807) is 25.1 Å². The van der Waals surface area contributed by atoms with Gasteiger partial charge in [0.25, 0.3) is 0 Å². The molecule has 2 aromatic rings. The smallest absolute Gasteiger partial charge is 0.311 e. The Morgan fingerprint density at radius 3 is 2.10 bits per heavy atom. The number of carboxylic acids is 3. The van der Waals surface area contributed by atoms with Crippen molar-refractivity contribution < 1.29 is 34.4 Å². The van der Waals surface area contributed by atoms with E-state index in [4.69, 9.17) is 20.1 Å². The molecule has 0 aromatic heterocycles. The van der Waals surface area contributed by atoms with Gasteiger partial charge in [0.2, 0.25) is 0 Å². The summed E-state index contributed by atoms with van der Waals surface area (Å²) < 4.78 is 4.95. The van der Waals surface area contributed by atoms with Crippen LogP contribution in [0.1, 0.15) is 36.8 Å². The highest BCUT2D eigenvalue weighted by atomic mass is 16.5. The van der Waals surface area contributed by atoms with Crippen LogP contribution in [0.15, 0.2) is 54.6 Å². The lowest BCUT2D eigenvalue weighted by molar-refractivity contribution is -0.145. The van der Waals surface area contributed by atoms with E-state index in [0.29, 0.717) is 17.7 Å². The van der Waals surface area contributed by atoms with Crippen molar-refractivity contribution in [3.63, 3.8) is 0 Å². The molecule has 2 aromatic carbocycles. The molecule has 7 nitrogen and oxygen atoms in total. The fourth-order valence-corrected chi connectivity index (χ4v) is 2.53. The Balaban J connectivity index is 0.000000296. The van der Waals surface area contributed by atoms with Gasteiger partial charge >= 0.3 is 17.9 Å². The van der Waals surface area contributed by atoms with E-state index in [2.05, 4.69) is 0 Å². The number of aryl methyl sites for hydroxylation is 1. The Hall–Kier alpha value is -3.35. The van der Waals surface area contributed by atoms with Crippen LogP contribution in [0.2, 0.25) is 0 Å². The maximum atomic E-state index is 10.9. The second-order valence-electron chi connectivity index (χ2n) is 6.53. The molecule has 0 saturated carbocycles. The van der Waals surface area contributed by atoms with E-state index < -0.39 is 30.2 Å². The number of benzene rings is 2. The van der Waals surface area contributed by atoms with Gasteiger partial charge in [-0.05, 0) is 36.1 Å². The van der Waals surface area contributed by atoms with Crippen LogP contribution in [0.25, 0.3) is 0 Å². The maximum absolute atomic E-state index is 10.9. The van der Waals surface area contributed by atoms with Crippen molar-refractivity contribution in [2.75, 3.05) is 7.11 Å². The van der Waals surface area contributed by atoms with Gasteiger partial charge in [0.15, 0.2) is 0 Å². The number of ether oxygens (including phenoxy) is 1. The molecule has 2 atom stereocenters. The molecule has 156 valence electrons. The van der Waals surface area contributed by atoms with E-state index in [0.717, 1.165) is 6.42 Å². The summed E-state index contributed by atoms with van der Waals surface area (Å²) in [4.78, 5) is 32.0. The number of methoxy groups -OCH3 is 1. The van der Waals surface area contributed by atoms with Crippen molar-refractivity contribution in [1.82, 2.24) is 0 Å². The SMILES string of the molecule is CC(CCc1ccccc1)C(=O)O.COc1cccc(C(CC(=O)O)C(=O)O)c1. The van der Waals surface area contributed by atoms with Crippen LogP contribution in [0.5, 0.6) is 5.75 Å². The topological polar surface area (TPSA) is 121 Å². The van der Waals surface area contributed by atoms with Crippen LogP contribution in [0, 0.1) is 5.92 Å². The third-order valence-electron chi connectivity index (χ3n) is 4.30. The molecule has 0 saturated heterocycles. The highest BCUT2D eigenvalue weighted by molar-refractivity contribution is 5.82. The van der Waals surface area contributed by atoms with Crippen molar-refractivity contribution in [2.24, 2.45) is 5.92 Å². The molecular formula is C22H26O7. The monoisotopic (exact) mass is 402 g/mol. The summed E-state index contributed by atoms with van der Waals surface area (Å²) in [7, 11) is 1.46. The fourth-order valence-electron chi connectivity index (χ4n) is 2.53. The molecule has 0 spiro atoms. The highest BCUT2D eigenvalue weighted by Gasteiger charge is 2.23. The summed E-state index contributed by atoms with van der Waals surface area (Å²) >= 11 is 0. The third-order valence-corrected chi connectivity index (χ3v) is 4.30. The number of hydrogen-bond acceptors (Lipinski definition) is 4. The molecule has 0 heterocycles. The first-order chi connectivity index (χ1) is 13.7. The molecule has 0 amide bonds. The molecule has 0 fully saturated rings. The first kappa shape index (κ1) is 23.7. The standard InChI is InChI=1S/C11H12O5.C11H14O2/c1-16-8-4-2-3-7(5-8)9(11(14)15)6-10(12)13;1-9(11(12)13)7-8-10-5-3-2-4-6-10/h2-5,9H,6H2,1H3,(H,12,13)(H,14,15);2-6,9H,7-8H2,1H3,(H,12,13). The molecule has 2 rings (SSSR count). The normalized spacial score (nSPS) is 12.1. The van der Waals surface area contributed by atoms with Crippen molar-refractivity contribution in [3.8, 4) is 5.75 Å². The molecule has 0 aliphatic heterocycles. The van der Waals surface area contributed by atoms with Crippen LogP contribution in [0.3, 0.4) is 0 Å². The average molecular weight is 402 g/mol. The van der Waals surface area contributed by atoms with Gasteiger partial charge in [-0.2, -0.15) is 0 Å². The third kappa shape index (κ3) is 8.92. The molecule has 7 heteroatoms. The number of carbonyl (C=O) groups is 3. The number of carboxylic acid groups (broad SMARTS) is 3. The van der Waals surface area contributed by atoms with Crippen LogP contribution in [-0.4, -0.2) is 40.3 Å². The predicted octanol–water partition coefficient (Wildman–Crippen LogP) is 3.68. The van der Waals surface area contributed by atoms with Gasteiger partial charge in [-0.25, -0.2) is 0 Å². The van der Waals surface area contributed by atoms with E-state index in [9.17, 15) is 14.4 Å². The minimum Gasteiger partial charge on any atom is -0.497 e. The molecule has 29 heavy (non-hydrogen) atoms. The molecule has 3 N–H and O–H groups in total. The number of hydrogen-bond donors (Lipinski definition) is 3. The Bertz CT molecular complexity index is 802.